The van der Waals surface area contributed by atoms with Gasteiger partial charge in [0.05, 0.1) is 18.5 Å². The summed E-state index contributed by atoms with van der Waals surface area (Å²) < 4.78 is 35.2. The lowest BCUT2D eigenvalue weighted by atomic mass is 10.3. The van der Waals surface area contributed by atoms with Crippen molar-refractivity contribution in [1.29, 1.82) is 0 Å². The summed E-state index contributed by atoms with van der Waals surface area (Å²) >= 11 is 0. The van der Waals surface area contributed by atoms with Crippen molar-refractivity contribution in [2.75, 3.05) is 32.8 Å². The maximum atomic E-state index is 10.7. The zero-order chi connectivity index (χ0) is 9.90. The third kappa shape index (κ3) is 3.60. The topological polar surface area (TPSA) is 66.8 Å². The minimum Gasteiger partial charge on any atom is -0.379 e. The average molecular weight is 209 g/mol. The molecular formula is C7H15NO4S. The summed E-state index contributed by atoms with van der Waals surface area (Å²) in [6.45, 7) is 4.63. The van der Waals surface area contributed by atoms with Gasteiger partial charge in [0.2, 0.25) is 0 Å². The number of hydrogen-bond donors (Lipinski definition) is 1. The summed E-state index contributed by atoms with van der Waals surface area (Å²) in [5.41, 5.74) is 0. The molecule has 0 radical (unpaired) electrons. The molecule has 1 saturated heterocycles. The monoisotopic (exact) mass is 209 g/mol. The molecule has 1 atom stereocenters. The minimum absolute atomic E-state index is 0.377. The van der Waals surface area contributed by atoms with E-state index in [1.54, 1.807) is 0 Å². The molecule has 1 aliphatic heterocycles. The summed E-state index contributed by atoms with van der Waals surface area (Å²) in [4.78, 5) is 1.97. The van der Waals surface area contributed by atoms with Gasteiger partial charge in [0.1, 0.15) is 0 Å². The van der Waals surface area contributed by atoms with E-state index in [-0.39, 0.29) is 0 Å². The van der Waals surface area contributed by atoms with Crippen molar-refractivity contribution in [2.45, 2.75) is 12.2 Å². The number of ether oxygens (including phenoxy) is 1. The Hall–Kier alpha value is -0.170. The third-order valence-corrected chi connectivity index (χ3v) is 3.29. The van der Waals surface area contributed by atoms with E-state index in [4.69, 9.17) is 9.29 Å². The highest BCUT2D eigenvalue weighted by Gasteiger charge is 2.21. The molecule has 1 N–H and O–H groups in total. The predicted molar refractivity (Wildman–Crippen MR) is 48.3 cm³/mol. The molecule has 5 nitrogen and oxygen atoms in total. The highest BCUT2D eigenvalue weighted by molar-refractivity contribution is 7.86. The number of rotatable bonds is 3. The lowest BCUT2D eigenvalue weighted by Gasteiger charge is -2.27. The highest BCUT2D eigenvalue weighted by atomic mass is 32.2. The van der Waals surface area contributed by atoms with Crippen LogP contribution in [-0.2, 0) is 14.9 Å². The molecule has 13 heavy (non-hydrogen) atoms. The summed E-state index contributed by atoms with van der Waals surface area (Å²) in [6, 6.07) is 0. The van der Waals surface area contributed by atoms with E-state index in [2.05, 4.69) is 0 Å². The van der Waals surface area contributed by atoms with E-state index in [1.807, 2.05) is 4.90 Å². The van der Waals surface area contributed by atoms with Gasteiger partial charge >= 0.3 is 0 Å². The summed E-state index contributed by atoms with van der Waals surface area (Å²) in [5, 5.41) is -0.717. The van der Waals surface area contributed by atoms with E-state index in [1.165, 1.54) is 6.92 Å². The number of morpholine rings is 1. The molecular weight excluding hydrogens is 194 g/mol. The first-order chi connectivity index (χ1) is 6.00. The smallest absolute Gasteiger partial charge is 0.268 e. The van der Waals surface area contributed by atoms with Crippen LogP contribution in [0.15, 0.2) is 0 Å². The zero-order valence-electron chi connectivity index (χ0n) is 7.64. The molecule has 1 rings (SSSR count). The fourth-order valence-corrected chi connectivity index (χ4v) is 1.64. The van der Waals surface area contributed by atoms with Crippen LogP contribution >= 0.6 is 0 Å². The Bertz CT molecular complexity index is 245. The molecule has 1 unspecified atom stereocenters. The standard InChI is InChI=1S/C7H15NO4S/c1-7(13(9,10)11)6-8-2-4-12-5-3-8/h7H,2-6H2,1H3,(H,9,10,11). The van der Waals surface area contributed by atoms with Crippen molar-refractivity contribution in [2.24, 2.45) is 0 Å². The van der Waals surface area contributed by atoms with Crippen LogP contribution in [0.2, 0.25) is 0 Å². The van der Waals surface area contributed by atoms with Crippen molar-refractivity contribution in [1.82, 2.24) is 4.90 Å². The molecule has 0 spiro atoms. The Balaban J connectivity index is 2.39. The molecule has 6 heteroatoms. The molecule has 1 aliphatic rings. The Morgan fingerprint density at radius 3 is 2.46 bits per heavy atom. The van der Waals surface area contributed by atoms with Gasteiger partial charge in [-0.05, 0) is 6.92 Å². The van der Waals surface area contributed by atoms with Gasteiger partial charge in [0, 0.05) is 19.6 Å². The molecule has 1 fully saturated rings. The van der Waals surface area contributed by atoms with Crippen LogP contribution in [0.5, 0.6) is 0 Å². The van der Waals surface area contributed by atoms with Gasteiger partial charge in [0.15, 0.2) is 0 Å². The van der Waals surface area contributed by atoms with Crippen molar-refractivity contribution in [3.8, 4) is 0 Å². The lowest BCUT2D eigenvalue weighted by Crippen LogP contribution is -2.42. The molecule has 0 bridgehead atoms. The zero-order valence-corrected chi connectivity index (χ0v) is 8.46. The minimum atomic E-state index is -3.88. The maximum Gasteiger partial charge on any atom is 0.268 e. The van der Waals surface area contributed by atoms with Gasteiger partial charge in [-0.3, -0.25) is 9.45 Å². The van der Waals surface area contributed by atoms with Crippen LogP contribution in [0.4, 0.5) is 0 Å². The van der Waals surface area contributed by atoms with Crippen molar-refractivity contribution >= 4 is 10.1 Å². The van der Waals surface area contributed by atoms with Crippen LogP contribution in [0, 0.1) is 0 Å². The van der Waals surface area contributed by atoms with E-state index >= 15 is 0 Å². The maximum absolute atomic E-state index is 10.7. The van der Waals surface area contributed by atoms with Crippen LogP contribution in [0.3, 0.4) is 0 Å². The summed E-state index contributed by atoms with van der Waals surface area (Å²) in [7, 11) is -3.88. The van der Waals surface area contributed by atoms with Gasteiger partial charge in [-0.1, -0.05) is 0 Å². The SMILES string of the molecule is CC(CN1CCOCC1)S(=O)(=O)O. The fourth-order valence-electron chi connectivity index (χ4n) is 1.24. The predicted octanol–water partition coefficient (Wildman–Crippen LogP) is -0.405. The van der Waals surface area contributed by atoms with E-state index < -0.39 is 15.4 Å². The normalized spacial score (nSPS) is 22.9. The van der Waals surface area contributed by atoms with E-state index in [0.717, 1.165) is 13.1 Å². The first-order valence-electron chi connectivity index (χ1n) is 4.26. The molecule has 0 aromatic heterocycles. The van der Waals surface area contributed by atoms with E-state index in [0.29, 0.717) is 19.8 Å². The molecule has 0 saturated carbocycles. The van der Waals surface area contributed by atoms with Gasteiger partial charge < -0.3 is 4.74 Å². The van der Waals surface area contributed by atoms with Gasteiger partial charge in [-0.2, -0.15) is 8.42 Å². The number of hydrogen-bond acceptors (Lipinski definition) is 4. The molecule has 0 aromatic carbocycles. The lowest BCUT2D eigenvalue weighted by molar-refractivity contribution is 0.0381. The van der Waals surface area contributed by atoms with Crippen molar-refractivity contribution in [3.63, 3.8) is 0 Å². The second-order valence-corrected chi connectivity index (χ2v) is 5.07. The summed E-state index contributed by atoms with van der Waals surface area (Å²) in [6.07, 6.45) is 0. The molecule has 1 heterocycles. The van der Waals surface area contributed by atoms with Crippen LogP contribution in [0.25, 0.3) is 0 Å². The van der Waals surface area contributed by atoms with Crippen molar-refractivity contribution in [3.05, 3.63) is 0 Å². The van der Waals surface area contributed by atoms with Gasteiger partial charge in [-0.15, -0.1) is 0 Å². The Morgan fingerprint density at radius 2 is 2.00 bits per heavy atom. The largest absolute Gasteiger partial charge is 0.379 e. The van der Waals surface area contributed by atoms with Crippen LogP contribution in [0.1, 0.15) is 6.92 Å². The molecule has 0 aliphatic carbocycles. The van der Waals surface area contributed by atoms with E-state index in [9.17, 15) is 8.42 Å². The second kappa shape index (κ2) is 4.36. The van der Waals surface area contributed by atoms with Crippen molar-refractivity contribution < 1.29 is 17.7 Å². The Morgan fingerprint density at radius 1 is 1.46 bits per heavy atom. The first-order valence-corrected chi connectivity index (χ1v) is 5.77. The van der Waals surface area contributed by atoms with Gasteiger partial charge in [-0.25, -0.2) is 0 Å². The molecule has 78 valence electrons. The van der Waals surface area contributed by atoms with Crippen LogP contribution in [-0.4, -0.2) is 56.0 Å². The highest BCUT2D eigenvalue weighted by Crippen LogP contribution is 2.03. The third-order valence-electron chi connectivity index (χ3n) is 2.13. The van der Waals surface area contributed by atoms with Gasteiger partial charge in [0.25, 0.3) is 10.1 Å². The first kappa shape index (κ1) is 10.9. The summed E-state index contributed by atoms with van der Waals surface area (Å²) in [5.74, 6) is 0. The molecule has 0 amide bonds. The second-order valence-electron chi connectivity index (χ2n) is 3.24. The quantitative estimate of drug-likeness (QED) is 0.640. The number of nitrogens with zero attached hydrogens (tertiary/aromatic N) is 1. The Labute approximate surface area is 78.4 Å². The molecule has 0 aromatic rings. The Kier molecular flexibility index (Phi) is 3.66. The fraction of sp³-hybridized carbons (Fsp3) is 1.00. The van der Waals surface area contributed by atoms with Crippen LogP contribution < -0.4 is 0 Å². The average Bonchev–Trinajstić information content (AvgIpc) is 2.04.